The summed E-state index contributed by atoms with van der Waals surface area (Å²) in [7, 11) is 0. The van der Waals surface area contributed by atoms with E-state index < -0.39 is 36.3 Å². The van der Waals surface area contributed by atoms with Gasteiger partial charge in [-0.15, -0.1) is 0 Å². The Labute approximate surface area is 210 Å². The number of amides is 1. The maximum Gasteiger partial charge on any atom is 0.453 e. The molecule has 0 saturated heterocycles. The topological polar surface area (TPSA) is 111 Å². The summed E-state index contributed by atoms with van der Waals surface area (Å²) in [4.78, 5) is 30.3. The lowest BCUT2D eigenvalue weighted by Gasteiger charge is -2.22. The van der Waals surface area contributed by atoms with Crippen LogP contribution in [0.25, 0.3) is 17.0 Å². The molecule has 1 aliphatic rings. The van der Waals surface area contributed by atoms with Crippen LogP contribution in [0.1, 0.15) is 30.4 Å². The van der Waals surface area contributed by atoms with Gasteiger partial charge in [0.2, 0.25) is 5.91 Å². The monoisotopic (exact) mass is 537 g/mol. The number of nitrogens with two attached hydrogens (primary N) is 1. The number of nitrogens with zero attached hydrogens (tertiary/aromatic N) is 5. The molecule has 8 nitrogen and oxygen atoms in total. The van der Waals surface area contributed by atoms with Crippen molar-refractivity contribution in [3.63, 3.8) is 0 Å². The van der Waals surface area contributed by atoms with Gasteiger partial charge in [0.15, 0.2) is 5.82 Å². The molecule has 37 heavy (non-hydrogen) atoms. The number of carbonyl (C=O) groups excluding carboxylic acids is 1. The van der Waals surface area contributed by atoms with Crippen LogP contribution in [0.2, 0.25) is 5.02 Å². The molecule has 4 aromatic rings. The van der Waals surface area contributed by atoms with E-state index in [2.05, 4.69) is 25.3 Å². The zero-order valence-electron chi connectivity index (χ0n) is 18.9. The smallest absolute Gasteiger partial charge is 0.383 e. The van der Waals surface area contributed by atoms with Gasteiger partial charge in [0.25, 0.3) is 0 Å². The highest BCUT2D eigenvalue weighted by Gasteiger charge is 2.56. The third-order valence-electron chi connectivity index (χ3n) is 6.27. The van der Waals surface area contributed by atoms with Crippen molar-refractivity contribution in [3.8, 4) is 11.5 Å². The average molecular weight is 538 g/mol. The number of fused-ring (bicyclic) bond motifs is 2. The first-order valence-corrected chi connectivity index (χ1v) is 11.2. The molecule has 4 aromatic heterocycles. The lowest BCUT2D eigenvalue weighted by atomic mass is 9.81. The van der Waals surface area contributed by atoms with E-state index in [1.807, 2.05) is 0 Å². The van der Waals surface area contributed by atoms with Gasteiger partial charge in [0, 0.05) is 25.2 Å². The predicted molar refractivity (Wildman–Crippen MR) is 124 cm³/mol. The molecule has 0 spiro atoms. The number of aromatic nitrogens is 5. The zero-order chi connectivity index (χ0) is 26.8. The summed E-state index contributed by atoms with van der Waals surface area (Å²) < 4.78 is 66.5. The van der Waals surface area contributed by atoms with Gasteiger partial charge in [-0.25, -0.2) is 15.0 Å². The third-order valence-corrected chi connectivity index (χ3v) is 6.50. The summed E-state index contributed by atoms with van der Waals surface area (Å²) in [5.74, 6) is -5.37. The molecule has 1 atom stereocenters. The molecule has 14 heteroatoms. The molecule has 5 rings (SSSR count). The highest BCUT2D eigenvalue weighted by molar-refractivity contribution is 6.30. The number of nitrogen functional groups attached to an aromatic ring is 1. The van der Waals surface area contributed by atoms with E-state index in [-0.39, 0.29) is 34.5 Å². The first-order chi connectivity index (χ1) is 17.3. The maximum absolute atomic E-state index is 13.6. The highest BCUT2D eigenvalue weighted by Crippen LogP contribution is 2.45. The SMILES string of the molecule is CC1(c2ccc(Cl)cn2)C(=O)Nc2nc(-c3nc(CCC(F)(F)C(F)(F)F)n4ccccc34)nc(N)c21. The molecule has 192 valence electrons. The van der Waals surface area contributed by atoms with Crippen molar-refractivity contribution in [2.24, 2.45) is 0 Å². The standard InChI is InChI=1S/C23H17ClF5N7O/c1-21(13-6-5-11(24)10-31-13)15-17(30)33-19(34-18(15)35-20(21)37)16-12-4-2-3-9-36(12)14(32-16)7-8-22(25,26)23(27,28)29/h2-6,9-10H,7-8H2,1H3,(H3,30,33,34,35,37). The van der Waals surface area contributed by atoms with Crippen molar-refractivity contribution < 1.29 is 26.7 Å². The molecule has 0 aliphatic carbocycles. The molecule has 0 aromatic carbocycles. The van der Waals surface area contributed by atoms with Gasteiger partial charge in [-0.3, -0.25) is 9.78 Å². The van der Waals surface area contributed by atoms with Crippen LogP contribution < -0.4 is 11.1 Å². The Hall–Kier alpha value is -3.87. The second-order valence-corrected chi connectivity index (χ2v) is 9.07. The van der Waals surface area contributed by atoms with Gasteiger partial charge in [-0.2, -0.15) is 22.0 Å². The van der Waals surface area contributed by atoms with Crippen molar-refractivity contribution in [2.45, 2.75) is 37.3 Å². The van der Waals surface area contributed by atoms with E-state index in [9.17, 15) is 26.7 Å². The molecule has 1 unspecified atom stereocenters. The summed E-state index contributed by atoms with van der Waals surface area (Å²) >= 11 is 5.92. The minimum absolute atomic E-state index is 0.0394. The van der Waals surface area contributed by atoms with Crippen LogP contribution in [0.15, 0.2) is 42.7 Å². The maximum atomic E-state index is 13.6. The summed E-state index contributed by atoms with van der Waals surface area (Å²) in [6, 6.07) is 7.95. The molecule has 5 heterocycles. The molecule has 3 N–H and O–H groups in total. The number of halogens is 6. The number of aryl methyl sites for hydroxylation is 1. The van der Waals surface area contributed by atoms with Crippen molar-refractivity contribution in [1.82, 2.24) is 24.3 Å². The van der Waals surface area contributed by atoms with Crippen molar-refractivity contribution in [2.75, 3.05) is 11.1 Å². The van der Waals surface area contributed by atoms with Gasteiger partial charge in [-0.1, -0.05) is 17.7 Å². The number of alkyl halides is 5. The average Bonchev–Trinajstić information content (AvgIpc) is 3.33. The number of imidazole rings is 1. The molecule has 0 fully saturated rings. The number of rotatable bonds is 5. The number of hydrogen-bond donors (Lipinski definition) is 2. The van der Waals surface area contributed by atoms with Gasteiger partial charge in [0.05, 0.1) is 21.8 Å². The summed E-state index contributed by atoms with van der Waals surface area (Å²) in [5, 5.41) is 3.04. The van der Waals surface area contributed by atoms with Crippen LogP contribution in [-0.2, 0) is 16.6 Å². The van der Waals surface area contributed by atoms with Crippen molar-refractivity contribution in [3.05, 3.63) is 64.8 Å². The molecule has 0 saturated carbocycles. The number of anilines is 2. The summed E-state index contributed by atoms with van der Waals surface area (Å²) in [5.41, 5.74) is 6.05. The molecular formula is C23H17ClF5N7O. The van der Waals surface area contributed by atoms with Gasteiger partial charge >= 0.3 is 12.1 Å². The Kier molecular flexibility index (Phi) is 5.59. The van der Waals surface area contributed by atoms with Crippen LogP contribution in [0.5, 0.6) is 0 Å². The Bertz CT molecular complexity index is 1540. The van der Waals surface area contributed by atoms with E-state index in [0.717, 1.165) is 0 Å². The fourth-order valence-electron chi connectivity index (χ4n) is 4.28. The lowest BCUT2D eigenvalue weighted by molar-refractivity contribution is -0.284. The van der Waals surface area contributed by atoms with Crippen LogP contribution in [0.3, 0.4) is 0 Å². The number of hydrogen-bond acceptors (Lipinski definition) is 6. The Morgan fingerprint density at radius 3 is 2.54 bits per heavy atom. The fourth-order valence-corrected chi connectivity index (χ4v) is 4.39. The fraction of sp³-hybridized carbons (Fsp3) is 0.261. The van der Waals surface area contributed by atoms with Crippen molar-refractivity contribution >= 4 is 34.7 Å². The normalized spacial score (nSPS) is 17.8. The van der Waals surface area contributed by atoms with E-state index in [1.54, 1.807) is 37.3 Å². The number of carbonyl (C=O) groups is 1. The van der Waals surface area contributed by atoms with Gasteiger partial charge in [0.1, 0.15) is 28.6 Å². The third kappa shape index (κ3) is 3.93. The largest absolute Gasteiger partial charge is 0.453 e. The zero-order valence-corrected chi connectivity index (χ0v) is 19.7. The van der Waals surface area contributed by atoms with E-state index >= 15 is 0 Å². The number of pyridine rings is 2. The second-order valence-electron chi connectivity index (χ2n) is 8.63. The molecular weight excluding hydrogens is 521 g/mol. The highest BCUT2D eigenvalue weighted by atomic mass is 35.5. The summed E-state index contributed by atoms with van der Waals surface area (Å²) in [6.45, 7) is 1.61. The van der Waals surface area contributed by atoms with E-state index in [4.69, 9.17) is 17.3 Å². The first-order valence-electron chi connectivity index (χ1n) is 10.9. The quantitative estimate of drug-likeness (QED) is 0.353. The molecule has 1 aliphatic heterocycles. The minimum Gasteiger partial charge on any atom is -0.383 e. The molecule has 0 bridgehead atoms. The molecule has 0 radical (unpaired) electrons. The summed E-state index contributed by atoms with van der Waals surface area (Å²) in [6.07, 6.45) is -4.96. The lowest BCUT2D eigenvalue weighted by Crippen LogP contribution is -2.36. The van der Waals surface area contributed by atoms with E-state index in [1.165, 1.54) is 16.8 Å². The Morgan fingerprint density at radius 2 is 1.86 bits per heavy atom. The van der Waals surface area contributed by atoms with Crippen LogP contribution >= 0.6 is 11.6 Å². The minimum atomic E-state index is -5.68. The number of nitrogens with one attached hydrogen (secondary N) is 1. The van der Waals surface area contributed by atoms with Crippen LogP contribution in [-0.4, -0.2) is 42.3 Å². The van der Waals surface area contributed by atoms with Gasteiger partial charge in [-0.05, 0) is 31.2 Å². The van der Waals surface area contributed by atoms with Crippen molar-refractivity contribution in [1.29, 1.82) is 0 Å². The first kappa shape index (κ1) is 24.8. The van der Waals surface area contributed by atoms with E-state index in [0.29, 0.717) is 16.2 Å². The van der Waals surface area contributed by atoms with Crippen LogP contribution in [0.4, 0.5) is 33.6 Å². The predicted octanol–water partition coefficient (Wildman–Crippen LogP) is 4.81. The second kappa shape index (κ2) is 8.33. The Morgan fingerprint density at radius 1 is 1.11 bits per heavy atom. The van der Waals surface area contributed by atoms with Crippen LogP contribution in [0, 0.1) is 0 Å². The Balaban J connectivity index is 1.58. The van der Waals surface area contributed by atoms with Gasteiger partial charge < -0.3 is 15.5 Å². The molecule has 1 amide bonds.